The van der Waals surface area contributed by atoms with E-state index in [4.69, 9.17) is 34.4 Å². The fourth-order valence-electron chi connectivity index (χ4n) is 8.43. The van der Waals surface area contributed by atoms with Gasteiger partial charge in [0.25, 0.3) is 0 Å². The minimum atomic E-state index is -1.59. The number of hydrogen-bond acceptors (Lipinski definition) is 12. The van der Waals surface area contributed by atoms with Crippen molar-refractivity contribution in [3.63, 3.8) is 0 Å². The van der Waals surface area contributed by atoms with E-state index < -0.39 is 114 Å². The van der Waals surface area contributed by atoms with Crippen LogP contribution in [0.25, 0.3) is 10.9 Å². The number of H-pyrrole nitrogens is 1. The molecule has 418 valence electrons. The number of nitrogens with two attached hydrogens (primary N) is 6. The summed E-state index contributed by atoms with van der Waals surface area (Å²) in [6.07, 6.45) is 0.132. The first-order valence-corrected chi connectivity index (χ1v) is 25.3. The second-order valence-corrected chi connectivity index (χ2v) is 18.7. The van der Waals surface area contributed by atoms with Gasteiger partial charge in [0.1, 0.15) is 42.3 Å². The summed E-state index contributed by atoms with van der Waals surface area (Å²) in [5, 5.41) is 21.9. The van der Waals surface area contributed by atoms with Gasteiger partial charge in [0, 0.05) is 69.3 Å². The molecule has 0 radical (unpaired) electrons. The zero-order valence-corrected chi connectivity index (χ0v) is 43.3. The maximum atomic E-state index is 14.7. The van der Waals surface area contributed by atoms with E-state index in [-0.39, 0.29) is 95.8 Å². The Morgan fingerprint density at radius 3 is 1.88 bits per heavy atom. The van der Waals surface area contributed by atoms with Crippen molar-refractivity contribution in [3.05, 3.63) is 71.4 Å². The second kappa shape index (κ2) is 30.6. The van der Waals surface area contributed by atoms with Gasteiger partial charge in [-0.1, -0.05) is 42.5 Å². The van der Waals surface area contributed by atoms with Gasteiger partial charge in [-0.3, -0.25) is 57.9 Å². The van der Waals surface area contributed by atoms with E-state index in [9.17, 15) is 47.9 Å². The van der Waals surface area contributed by atoms with Crippen LogP contribution >= 0.6 is 0 Å². The van der Waals surface area contributed by atoms with Crippen LogP contribution in [-0.4, -0.2) is 138 Å². The number of para-hydroxylation sites is 1. The molecule has 27 nitrogen and oxygen atoms in total. The van der Waals surface area contributed by atoms with Crippen LogP contribution in [0.15, 0.2) is 64.7 Å². The van der Waals surface area contributed by atoms with E-state index >= 15 is 0 Å². The Hall–Kier alpha value is -8.78. The van der Waals surface area contributed by atoms with E-state index in [1.165, 1.54) is 6.92 Å². The fourth-order valence-corrected chi connectivity index (χ4v) is 8.43. The maximum Gasteiger partial charge on any atom is 0.243 e. The van der Waals surface area contributed by atoms with Gasteiger partial charge >= 0.3 is 0 Å². The molecule has 0 saturated carbocycles. The van der Waals surface area contributed by atoms with Crippen molar-refractivity contribution >= 4 is 81.9 Å². The Morgan fingerprint density at radius 1 is 0.675 bits per heavy atom. The number of aryl methyl sites for hydroxylation is 1. The fraction of sp³-hybridized carbons (Fsp3) is 0.480. The summed E-state index contributed by atoms with van der Waals surface area (Å²) in [7, 11) is 0. The number of carbonyl (C=O) groups excluding carboxylic acids is 10. The summed E-state index contributed by atoms with van der Waals surface area (Å²) in [6.45, 7) is 3.04. The summed E-state index contributed by atoms with van der Waals surface area (Å²) in [5.41, 5.74) is 36.0. The molecule has 7 unspecified atom stereocenters. The molecule has 0 bridgehead atoms. The molecule has 10 amide bonds. The molecule has 2 heterocycles. The van der Waals surface area contributed by atoms with Crippen molar-refractivity contribution < 1.29 is 47.9 Å². The van der Waals surface area contributed by atoms with Crippen LogP contribution in [0.4, 0.5) is 0 Å². The molecule has 4 rings (SSSR count). The highest BCUT2D eigenvalue weighted by molar-refractivity contribution is 5.98. The van der Waals surface area contributed by atoms with Gasteiger partial charge in [-0.25, -0.2) is 0 Å². The Labute approximate surface area is 444 Å². The summed E-state index contributed by atoms with van der Waals surface area (Å²) >= 11 is 0. The van der Waals surface area contributed by atoms with Gasteiger partial charge in [-0.2, -0.15) is 0 Å². The maximum absolute atomic E-state index is 14.7. The average Bonchev–Trinajstić information content (AvgIpc) is 3.79. The Bertz CT molecular complexity index is 2650. The Kier molecular flexibility index (Phi) is 24.1. The van der Waals surface area contributed by atoms with Crippen LogP contribution in [0.2, 0.25) is 0 Å². The molecule has 1 fully saturated rings. The van der Waals surface area contributed by atoms with E-state index in [1.54, 1.807) is 43.5 Å². The largest absolute Gasteiger partial charge is 0.370 e. The molecule has 1 aliphatic heterocycles. The predicted molar refractivity (Wildman–Crippen MR) is 285 cm³/mol. The van der Waals surface area contributed by atoms with Gasteiger partial charge in [-0.05, 0) is 81.0 Å². The number of guanidine groups is 2. The number of benzene rings is 2. The van der Waals surface area contributed by atoms with Gasteiger partial charge in [0.05, 0.1) is 0 Å². The lowest BCUT2D eigenvalue weighted by Gasteiger charge is -2.28. The number of carbonyl (C=O) groups is 10. The molecule has 1 aromatic heterocycles. The number of aliphatic imine (C=N–C) groups is 2. The van der Waals surface area contributed by atoms with Crippen molar-refractivity contribution in [1.82, 2.24) is 47.5 Å². The second-order valence-electron chi connectivity index (χ2n) is 18.7. The van der Waals surface area contributed by atoms with Gasteiger partial charge in [-0.15, -0.1) is 0 Å². The first kappa shape index (κ1) is 60.8. The van der Waals surface area contributed by atoms with Crippen LogP contribution in [0, 0.1) is 6.92 Å². The van der Waals surface area contributed by atoms with E-state index in [0.29, 0.717) is 11.1 Å². The van der Waals surface area contributed by atoms with Gasteiger partial charge < -0.3 is 81.9 Å². The highest BCUT2D eigenvalue weighted by Crippen LogP contribution is 2.20. The molecular weight excluding hydrogens is 999 g/mol. The van der Waals surface area contributed by atoms with Crippen molar-refractivity contribution in [1.29, 1.82) is 0 Å². The molecule has 27 heteroatoms. The molecule has 0 spiro atoms. The third kappa shape index (κ3) is 20.8. The molecular formula is C50H73N17O10. The number of aromatic nitrogens is 1. The molecule has 0 aliphatic carbocycles. The smallest absolute Gasteiger partial charge is 0.243 e. The van der Waals surface area contributed by atoms with E-state index in [1.807, 2.05) is 18.2 Å². The number of amides is 10. The monoisotopic (exact) mass is 1070 g/mol. The molecule has 3 aromatic rings. The lowest BCUT2D eigenvalue weighted by atomic mass is 9.99. The van der Waals surface area contributed by atoms with Crippen molar-refractivity contribution in [2.24, 2.45) is 44.4 Å². The topological polar surface area (TPSA) is 464 Å². The SMILES string of the molecule is CC(=O)NC(CCCN=C(N)N)C(=O)NC1CCC(=O)NCCCC(C(N)=O)NC(=O)C(Cc2c[nH]c3ccccc23)NC(=O)C(CCCN=C(N)N)NC(=O)C(Cc2ccccc2C)NC(=O)C(CCC(N)=O)NC1=O. The van der Waals surface area contributed by atoms with Crippen molar-refractivity contribution in [2.45, 2.75) is 133 Å². The molecule has 21 N–H and O–H groups in total. The first-order valence-electron chi connectivity index (χ1n) is 25.3. The van der Waals surface area contributed by atoms with Crippen LogP contribution in [-0.2, 0) is 60.8 Å². The quantitative estimate of drug-likeness (QED) is 0.0312. The van der Waals surface area contributed by atoms with Crippen LogP contribution in [0.1, 0.15) is 87.8 Å². The van der Waals surface area contributed by atoms with Crippen LogP contribution in [0.3, 0.4) is 0 Å². The van der Waals surface area contributed by atoms with Crippen LogP contribution < -0.4 is 76.9 Å². The number of aromatic amines is 1. The molecule has 1 saturated heterocycles. The number of fused-ring (bicyclic) bond motifs is 1. The highest BCUT2D eigenvalue weighted by Gasteiger charge is 2.35. The molecule has 2 aromatic carbocycles. The zero-order chi connectivity index (χ0) is 56.6. The van der Waals surface area contributed by atoms with E-state index in [0.717, 1.165) is 16.5 Å². The molecule has 7 atom stereocenters. The lowest BCUT2D eigenvalue weighted by molar-refractivity contribution is -0.136. The van der Waals surface area contributed by atoms with Crippen LogP contribution in [0.5, 0.6) is 0 Å². The minimum Gasteiger partial charge on any atom is -0.370 e. The lowest BCUT2D eigenvalue weighted by Crippen LogP contribution is -2.60. The first-order chi connectivity index (χ1) is 36.6. The average molecular weight is 1070 g/mol. The zero-order valence-electron chi connectivity index (χ0n) is 43.3. The minimum absolute atomic E-state index is 0.0152. The third-order valence-corrected chi connectivity index (χ3v) is 12.5. The number of rotatable bonds is 19. The standard InChI is InChI=1S/C50H73N17O10/c1-27-10-3-4-11-29(27)24-38-48(77)63-35(16-9-23-59-50(55)56)44(73)67-39(25-30-26-60-32-13-6-5-12-31(30)32)47(76)62-33(42(52)71)14-7-21-57-41(70)20-18-37(45(74)64-36(46(75)66-38)17-19-40(51)69)65-43(72)34(61-28(2)68)15-8-22-58-49(53)54/h3-6,10-13,26,33-39,60H,7-9,14-25H2,1-2H3,(H2,51,69)(H2,52,71)(H,57,70)(H,61,68)(H,62,76)(H,63,77)(H,64,74)(H,65,72)(H,66,75)(H,67,73)(H4,53,54,58)(H4,55,56,59). The summed E-state index contributed by atoms with van der Waals surface area (Å²) in [6, 6.07) is 4.32. The Balaban J connectivity index is 1.80. The third-order valence-electron chi connectivity index (χ3n) is 12.5. The predicted octanol–water partition coefficient (Wildman–Crippen LogP) is -3.78. The van der Waals surface area contributed by atoms with Gasteiger partial charge in [0.15, 0.2) is 11.9 Å². The molecule has 1 aliphatic rings. The number of hydrogen-bond donors (Lipinski definition) is 15. The van der Waals surface area contributed by atoms with Crippen molar-refractivity contribution in [2.75, 3.05) is 19.6 Å². The Morgan fingerprint density at radius 2 is 1.25 bits per heavy atom. The number of nitrogens with one attached hydrogen (secondary N) is 9. The van der Waals surface area contributed by atoms with Crippen molar-refractivity contribution in [3.8, 4) is 0 Å². The number of nitrogens with zero attached hydrogens (tertiary/aromatic N) is 2. The van der Waals surface area contributed by atoms with Gasteiger partial charge in [0.2, 0.25) is 59.1 Å². The summed E-state index contributed by atoms with van der Waals surface area (Å²) < 4.78 is 0. The summed E-state index contributed by atoms with van der Waals surface area (Å²) in [4.78, 5) is 148. The molecule has 77 heavy (non-hydrogen) atoms. The van der Waals surface area contributed by atoms with E-state index in [2.05, 4.69) is 57.5 Å². The highest BCUT2D eigenvalue weighted by atomic mass is 16.2. The number of primary amides is 2. The normalized spacial score (nSPS) is 20.8. The summed E-state index contributed by atoms with van der Waals surface area (Å²) in [5.74, 6) is -8.68.